The number of rotatable bonds is 5. The Labute approximate surface area is 124 Å². The van der Waals surface area contributed by atoms with Crippen molar-refractivity contribution in [2.45, 2.75) is 6.92 Å². The van der Waals surface area contributed by atoms with Crippen LogP contribution in [0, 0.1) is 17.0 Å². The monoisotopic (exact) mass is 304 g/mol. The predicted molar refractivity (Wildman–Crippen MR) is 75.5 cm³/mol. The summed E-state index contributed by atoms with van der Waals surface area (Å²) in [7, 11) is 0. The molecule has 114 valence electrons. The average molecular weight is 304 g/mol. The summed E-state index contributed by atoms with van der Waals surface area (Å²) in [4.78, 5) is 33.3. The summed E-state index contributed by atoms with van der Waals surface area (Å²) >= 11 is 0. The smallest absolute Gasteiger partial charge is 0.374 e. The molecule has 0 spiro atoms. The Morgan fingerprint density at radius 3 is 2.73 bits per heavy atom. The molecule has 8 nitrogen and oxygen atoms in total. The van der Waals surface area contributed by atoms with Crippen LogP contribution in [-0.4, -0.2) is 23.4 Å². The van der Waals surface area contributed by atoms with E-state index in [1.807, 2.05) is 0 Å². The van der Waals surface area contributed by atoms with Gasteiger partial charge >= 0.3 is 5.97 Å². The Morgan fingerprint density at radius 2 is 2.14 bits per heavy atom. The number of nitrogens with zero attached hydrogens (tertiary/aromatic N) is 1. The Morgan fingerprint density at radius 1 is 1.36 bits per heavy atom. The molecule has 1 amide bonds. The summed E-state index contributed by atoms with van der Waals surface area (Å²) < 4.78 is 9.60. The highest BCUT2D eigenvalue weighted by Crippen LogP contribution is 2.21. The molecule has 0 atom stereocenters. The Hall–Kier alpha value is -3.16. The number of aryl methyl sites for hydroxylation is 1. The van der Waals surface area contributed by atoms with Crippen LogP contribution in [0.2, 0.25) is 0 Å². The van der Waals surface area contributed by atoms with Gasteiger partial charge in [-0.15, -0.1) is 0 Å². The number of nitro benzene ring substituents is 1. The fourth-order valence-corrected chi connectivity index (χ4v) is 1.68. The van der Waals surface area contributed by atoms with Crippen LogP contribution in [0.4, 0.5) is 11.4 Å². The number of non-ortho nitro benzene ring substituents is 1. The number of furan rings is 1. The van der Waals surface area contributed by atoms with Crippen molar-refractivity contribution in [1.29, 1.82) is 0 Å². The zero-order chi connectivity index (χ0) is 16.1. The number of hydrogen-bond donors (Lipinski definition) is 1. The average Bonchev–Trinajstić information content (AvgIpc) is 3.01. The van der Waals surface area contributed by atoms with E-state index in [9.17, 15) is 19.7 Å². The number of carbonyl (C=O) groups excluding carboxylic acids is 2. The fourth-order valence-electron chi connectivity index (χ4n) is 1.68. The van der Waals surface area contributed by atoms with Gasteiger partial charge in [-0.25, -0.2) is 4.79 Å². The number of nitro groups is 1. The topological polar surface area (TPSA) is 112 Å². The highest BCUT2D eigenvalue weighted by molar-refractivity contribution is 5.95. The van der Waals surface area contributed by atoms with Gasteiger partial charge in [-0.3, -0.25) is 14.9 Å². The molecule has 22 heavy (non-hydrogen) atoms. The second-order valence-corrected chi connectivity index (χ2v) is 4.36. The third kappa shape index (κ3) is 3.69. The van der Waals surface area contributed by atoms with Crippen LogP contribution < -0.4 is 5.32 Å². The van der Waals surface area contributed by atoms with Crippen molar-refractivity contribution in [3.05, 3.63) is 58.0 Å². The minimum absolute atomic E-state index is 0.000633. The van der Waals surface area contributed by atoms with Gasteiger partial charge < -0.3 is 14.5 Å². The van der Waals surface area contributed by atoms with E-state index in [0.717, 1.165) is 0 Å². The second kappa shape index (κ2) is 6.53. The van der Waals surface area contributed by atoms with Crippen LogP contribution in [0.15, 0.2) is 41.0 Å². The number of anilines is 1. The van der Waals surface area contributed by atoms with Gasteiger partial charge in [0.25, 0.3) is 11.6 Å². The third-order valence-electron chi connectivity index (χ3n) is 2.75. The first-order valence-electron chi connectivity index (χ1n) is 6.23. The first-order valence-corrected chi connectivity index (χ1v) is 6.23. The normalized spacial score (nSPS) is 10.0. The standard InChI is InChI=1S/C14H12N2O6/c1-9-7-10(16(19)20)4-5-11(9)15-13(17)8-22-14(18)12-3-2-6-21-12/h2-7H,8H2,1H3,(H,15,17). The van der Waals surface area contributed by atoms with Crippen LogP contribution in [0.3, 0.4) is 0 Å². The maximum absolute atomic E-state index is 11.7. The SMILES string of the molecule is Cc1cc([N+](=O)[O-])ccc1NC(=O)COC(=O)c1ccco1. The van der Waals surface area contributed by atoms with Gasteiger partial charge in [0.1, 0.15) is 0 Å². The fraction of sp³-hybridized carbons (Fsp3) is 0.143. The molecule has 1 N–H and O–H groups in total. The molecule has 1 aromatic heterocycles. The molecule has 0 aliphatic carbocycles. The lowest BCUT2D eigenvalue weighted by Gasteiger charge is -2.08. The van der Waals surface area contributed by atoms with Gasteiger partial charge in [0, 0.05) is 17.8 Å². The van der Waals surface area contributed by atoms with Gasteiger partial charge in [-0.1, -0.05) is 0 Å². The van der Waals surface area contributed by atoms with Crippen LogP contribution in [0.25, 0.3) is 0 Å². The molecule has 0 saturated heterocycles. The molecule has 1 aromatic carbocycles. The highest BCUT2D eigenvalue weighted by atomic mass is 16.6. The molecule has 0 aliphatic heterocycles. The lowest BCUT2D eigenvalue weighted by molar-refractivity contribution is -0.384. The number of benzene rings is 1. The quantitative estimate of drug-likeness (QED) is 0.515. The Bertz CT molecular complexity index is 708. The van der Waals surface area contributed by atoms with Crippen molar-refractivity contribution in [1.82, 2.24) is 0 Å². The van der Waals surface area contributed by atoms with Crippen LogP contribution in [-0.2, 0) is 9.53 Å². The van der Waals surface area contributed by atoms with Crippen molar-refractivity contribution in [2.24, 2.45) is 0 Å². The molecule has 1 heterocycles. The van der Waals surface area contributed by atoms with E-state index in [1.165, 1.54) is 36.6 Å². The maximum atomic E-state index is 11.7. The number of esters is 1. The van der Waals surface area contributed by atoms with E-state index in [1.54, 1.807) is 6.92 Å². The Balaban J connectivity index is 1.92. The zero-order valence-corrected chi connectivity index (χ0v) is 11.6. The molecule has 0 radical (unpaired) electrons. The molecule has 2 rings (SSSR count). The van der Waals surface area contributed by atoms with Crippen molar-refractivity contribution in [3.8, 4) is 0 Å². The van der Waals surface area contributed by atoms with E-state index < -0.39 is 23.4 Å². The lowest BCUT2D eigenvalue weighted by Crippen LogP contribution is -2.21. The first-order chi connectivity index (χ1) is 10.5. The summed E-state index contributed by atoms with van der Waals surface area (Å²) in [6.45, 7) is 1.13. The van der Waals surface area contributed by atoms with E-state index in [4.69, 9.17) is 9.15 Å². The predicted octanol–water partition coefficient (Wildman–Crippen LogP) is 2.29. The number of ether oxygens (including phenoxy) is 1. The summed E-state index contributed by atoms with van der Waals surface area (Å²) in [6, 6.07) is 6.97. The Kier molecular flexibility index (Phi) is 4.52. The van der Waals surface area contributed by atoms with Gasteiger partial charge in [-0.05, 0) is 30.7 Å². The van der Waals surface area contributed by atoms with Crippen molar-refractivity contribution >= 4 is 23.3 Å². The minimum Gasteiger partial charge on any atom is -0.457 e. The van der Waals surface area contributed by atoms with Gasteiger partial charge in [-0.2, -0.15) is 0 Å². The van der Waals surface area contributed by atoms with Gasteiger partial charge in [0.15, 0.2) is 6.61 Å². The number of amides is 1. The number of carbonyl (C=O) groups is 2. The number of hydrogen-bond acceptors (Lipinski definition) is 6. The van der Waals surface area contributed by atoms with E-state index in [0.29, 0.717) is 11.3 Å². The third-order valence-corrected chi connectivity index (χ3v) is 2.75. The molecular formula is C14H12N2O6. The van der Waals surface area contributed by atoms with Crippen molar-refractivity contribution in [2.75, 3.05) is 11.9 Å². The van der Waals surface area contributed by atoms with Crippen LogP contribution >= 0.6 is 0 Å². The maximum Gasteiger partial charge on any atom is 0.374 e. The van der Waals surface area contributed by atoms with Gasteiger partial charge in [0.05, 0.1) is 11.2 Å². The number of nitrogens with one attached hydrogen (secondary N) is 1. The molecule has 0 unspecified atom stereocenters. The van der Waals surface area contributed by atoms with Crippen LogP contribution in [0.1, 0.15) is 16.1 Å². The zero-order valence-electron chi connectivity index (χ0n) is 11.6. The van der Waals surface area contributed by atoms with Gasteiger partial charge in [0.2, 0.25) is 5.76 Å². The highest BCUT2D eigenvalue weighted by Gasteiger charge is 2.14. The summed E-state index contributed by atoms with van der Waals surface area (Å²) in [5, 5.41) is 13.1. The lowest BCUT2D eigenvalue weighted by atomic mass is 10.2. The minimum atomic E-state index is -0.749. The van der Waals surface area contributed by atoms with Crippen molar-refractivity contribution < 1.29 is 23.7 Å². The molecule has 0 fully saturated rings. The summed E-state index contributed by atoms with van der Waals surface area (Å²) in [5.74, 6) is -1.31. The van der Waals surface area contributed by atoms with E-state index in [2.05, 4.69) is 5.32 Å². The van der Waals surface area contributed by atoms with Crippen molar-refractivity contribution in [3.63, 3.8) is 0 Å². The first kappa shape index (κ1) is 15.2. The van der Waals surface area contributed by atoms with E-state index >= 15 is 0 Å². The second-order valence-electron chi connectivity index (χ2n) is 4.36. The summed E-state index contributed by atoms with van der Waals surface area (Å²) in [5.41, 5.74) is 0.865. The molecule has 0 bridgehead atoms. The van der Waals surface area contributed by atoms with E-state index in [-0.39, 0.29) is 11.4 Å². The molecule has 0 aliphatic rings. The molecule has 8 heteroatoms. The molecule has 2 aromatic rings. The molecule has 0 saturated carbocycles. The largest absolute Gasteiger partial charge is 0.457 e. The van der Waals surface area contributed by atoms with Crippen LogP contribution in [0.5, 0.6) is 0 Å². The summed E-state index contributed by atoms with van der Waals surface area (Å²) in [6.07, 6.45) is 1.32. The molecular weight excluding hydrogens is 292 g/mol.